The molecule has 0 bridgehead atoms. The minimum absolute atomic E-state index is 0.0637. The van der Waals surface area contributed by atoms with Gasteiger partial charge in [0.05, 0.1) is 6.54 Å². The summed E-state index contributed by atoms with van der Waals surface area (Å²) in [5.41, 5.74) is 5.27. The number of amides is 1. The van der Waals surface area contributed by atoms with Gasteiger partial charge in [0.1, 0.15) is 5.82 Å². The maximum absolute atomic E-state index is 13.4. The van der Waals surface area contributed by atoms with Gasteiger partial charge in [-0.1, -0.05) is 47.0 Å². The van der Waals surface area contributed by atoms with E-state index in [1.54, 1.807) is 0 Å². The predicted octanol–water partition coefficient (Wildman–Crippen LogP) is 1.96. The van der Waals surface area contributed by atoms with Gasteiger partial charge in [0, 0.05) is 45.8 Å². The minimum Gasteiger partial charge on any atom is -0.383 e. The van der Waals surface area contributed by atoms with Gasteiger partial charge in [-0.05, 0) is 30.6 Å². The Morgan fingerprint density at radius 2 is 1.62 bits per heavy atom. The zero-order chi connectivity index (χ0) is 24.8. The molecule has 34 heavy (non-hydrogen) atoms. The summed E-state index contributed by atoms with van der Waals surface area (Å²) < 4.78 is 1.37. The number of aromatic nitrogens is 2. The fraction of sp³-hybridized carbons (Fsp3) is 0.800. The first-order valence-corrected chi connectivity index (χ1v) is 13.0. The number of carbonyl (C=O) groups excluding carboxylic acids is 1. The lowest BCUT2D eigenvalue weighted by molar-refractivity contribution is -0.120. The molecule has 1 aliphatic heterocycles. The van der Waals surface area contributed by atoms with Crippen molar-refractivity contribution in [3.63, 3.8) is 0 Å². The molecule has 0 unspecified atom stereocenters. The second-order valence-electron chi connectivity index (χ2n) is 11.0. The Morgan fingerprint density at radius 3 is 2.21 bits per heavy atom. The molecule has 0 radical (unpaired) electrons. The zero-order valence-corrected chi connectivity index (χ0v) is 21.5. The van der Waals surface area contributed by atoms with E-state index in [1.165, 1.54) is 48.1 Å². The summed E-state index contributed by atoms with van der Waals surface area (Å²) in [6.45, 7) is 13.7. The maximum atomic E-state index is 13.4. The van der Waals surface area contributed by atoms with Crippen molar-refractivity contribution in [1.29, 1.82) is 0 Å². The van der Waals surface area contributed by atoms with Crippen LogP contribution in [-0.4, -0.2) is 71.1 Å². The Labute approximate surface area is 203 Å². The number of hydrogen-bond acceptors (Lipinski definition) is 6. The lowest BCUT2D eigenvalue weighted by atomic mass is 9.89. The number of carbonyl (C=O) groups is 1. The van der Waals surface area contributed by atoms with Crippen LogP contribution < -0.4 is 21.9 Å². The highest BCUT2D eigenvalue weighted by molar-refractivity contribution is 5.96. The summed E-state index contributed by atoms with van der Waals surface area (Å²) in [5.74, 6) is 1.04. The van der Waals surface area contributed by atoms with Crippen LogP contribution in [0.5, 0.6) is 0 Å². The number of anilines is 2. The molecule has 1 amide bonds. The summed E-state index contributed by atoms with van der Waals surface area (Å²) in [7, 11) is 0. The van der Waals surface area contributed by atoms with Crippen LogP contribution in [0.4, 0.5) is 11.5 Å². The molecule has 1 saturated carbocycles. The van der Waals surface area contributed by atoms with E-state index in [4.69, 9.17) is 5.73 Å². The molecule has 9 nitrogen and oxygen atoms in total. The van der Waals surface area contributed by atoms with Crippen molar-refractivity contribution in [2.75, 3.05) is 56.4 Å². The third kappa shape index (κ3) is 6.95. The summed E-state index contributed by atoms with van der Waals surface area (Å²) in [5, 5.41) is 0. The Balaban J connectivity index is 1.70. The monoisotopic (exact) mass is 476 g/mol. The number of hydrogen-bond donors (Lipinski definition) is 2. The summed E-state index contributed by atoms with van der Waals surface area (Å²) in [6.07, 6.45) is 6.78. The summed E-state index contributed by atoms with van der Waals surface area (Å²) in [4.78, 5) is 47.2. The van der Waals surface area contributed by atoms with Crippen molar-refractivity contribution in [2.45, 2.75) is 66.3 Å². The molecule has 3 rings (SSSR count). The van der Waals surface area contributed by atoms with Gasteiger partial charge in [0.2, 0.25) is 5.91 Å². The van der Waals surface area contributed by atoms with Crippen LogP contribution in [0, 0.1) is 17.8 Å². The van der Waals surface area contributed by atoms with E-state index in [0.29, 0.717) is 13.1 Å². The molecule has 0 spiro atoms. The number of rotatable bonds is 9. The first kappa shape index (κ1) is 26.5. The molecular formula is C25H44N6O3. The largest absolute Gasteiger partial charge is 0.383 e. The van der Waals surface area contributed by atoms with E-state index >= 15 is 0 Å². The number of aromatic amines is 1. The van der Waals surface area contributed by atoms with Crippen molar-refractivity contribution >= 4 is 17.4 Å². The number of nitrogens with zero attached hydrogens (tertiary/aromatic N) is 4. The molecule has 9 heteroatoms. The third-order valence-corrected chi connectivity index (χ3v) is 6.95. The Morgan fingerprint density at radius 1 is 1.00 bits per heavy atom. The molecule has 1 aliphatic carbocycles. The molecule has 3 N–H and O–H groups in total. The molecule has 192 valence electrons. The highest BCUT2D eigenvalue weighted by Gasteiger charge is 2.28. The fourth-order valence-electron chi connectivity index (χ4n) is 5.21. The van der Waals surface area contributed by atoms with Crippen molar-refractivity contribution in [3.05, 3.63) is 20.8 Å². The van der Waals surface area contributed by atoms with Gasteiger partial charge in [0.15, 0.2) is 5.69 Å². The Kier molecular flexibility index (Phi) is 9.36. The number of H-pyrrole nitrogens is 1. The number of nitrogen functional groups attached to an aromatic ring is 1. The summed E-state index contributed by atoms with van der Waals surface area (Å²) >= 11 is 0. The Bertz CT molecular complexity index is 924. The molecule has 1 aromatic rings. The first-order chi connectivity index (χ1) is 16.2. The maximum Gasteiger partial charge on any atom is 0.330 e. The number of nitrogens with one attached hydrogen (secondary N) is 1. The second-order valence-corrected chi connectivity index (χ2v) is 11.0. The van der Waals surface area contributed by atoms with Crippen LogP contribution in [0.15, 0.2) is 9.59 Å². The molecule has 0 aromatic carbocycles. The van der Waals surface area contributed by atoms with E-state index in [0.717, 1.165) is 32.1 Å². The molecule has 2 aliphatic rings. The molecule has 1 saturated heterocycles. The zero-order valence-electron chi connectivity index (χ0n) is 21.5. The number of piperazine rings is 1. The normalized spacial score (nSPS) is 18.6. The SMILES string of the molecule is CC(C)CN(C(=O)CN1CCN(CC2CCCCC2)CC1)c1c(N)n(CC(C)C)c(=O)[nH]c1=O. The van der Waals surface area contributed by atoms with Crippen LogP contribution in [0.2, 0.25) is 0 Å². The van der Waals surface area contributed by atoms with Crippen LogP contribution in [0.25, 0.3) is 0 Å². The molecule has 2 heterocycles. The average molecular weight is 477 g/mol. The smallest absolute Gasteiger partial charge is 0.330 e. The minimum atomic E-state index is -0.603. The van der Waals surface area contributed by atoms with Gasteiger partial charge in [-0.25, -0.2) is 4.79 Å². The quantitative estimate of drug-likeness (QED) is 0.564. The standard InChI is InChI=1S/C25H44N6O3/c1-18(2)14-30(22-23(26)31(15-19(3)4)25(34)27-24(22)33)21(32)17-29-12-10-28(11-13-29)16-20-8-6-5-7-9-20/h18-20H,5-17,26H2,1-4H3,(H,27,33,34). The molecular weight excluding hydrogens is 432 g/mol. The van der Waals surface area contributed by atoms with Gasteiger partial charge in [-0.2, -0.15) is 0 Å². The van der Waals surface area contributed by atoms with E-state index in [2.05, 4.69) is 14.8 Å². The highest BCUT2D eigenvalue weighted by Crippen LogP contribution is 2.25. The van der Waals surface area contributed by atoms with Gasteiger partial charge < -0.3 is 15.5 Å². The van der Waals surface area contributed by atoms with E-state index < -0.39 is 11.2 Å². The van der Waals surface area contributed by atoms with E-state index in [1.807, 2.05) is 27.7 Å². The van der Waals surface area contributed by atoms with Crippen LogP contribution in [0.3, 0.4) is 0 Å². The van der Waals surface area contributed by atoms with Gasteiger partial charge in [0.25, 0.3) is 5.56 Å². The van der Waals surface area contributed by atoms with Crippen molar-refractivity contribution in [1.82, 2.24) is 19.4 Å². The second kappa shape index (κ2) is 12.0. The molecule has 2 fully saturated rings. The molecule has 1 aromatic heterocycles. The first-order valence-electron chi connectivity index (χ1n) is 13.0. The Hall–Kier alpha value is -2.13. The summed E-state index contributed by atoms with van der Waals surface area (Å²) in [6, 6.07) is 0. The van der Waals surface area contributed by atoms with Gasteiger partial charge in [-0.15, -0.1) is 0 Å². The third-order valence-electron chi connectivity index (χ3n) is 6.95. The number of nitrogens with two attached hydrogens (primary N) is 1. The molecule has 0 atom stereocenters. The van der Waals surface area contributed by atoms with Crippen LogP contribution >= 0.6 is 0 Å². The lowest BCUT2D eigenvalue weighted by Crippen LogP contribution is -2.52. The van der Waals surface area contributed by atoms with Crippen molar-refractivity contribution < 1.29 is 4.79 Å². The van der Waals surface area contributed by atoms with Crippen molar-refractivity contribution in [3.8, 4) is 0 Å². The fourth-order valence-corrected chi connectivity index (χ4v) is 5.21. The average Bonchev–Trinajstić information content (AvgIpc) is 2.77. The highest BCUT2D eigenvalue weighted by atomic mass is 16.2. The van der Waals surface area contributed by atoms with E-state index in [-0.39, 0.29) is 35.8 Å². The van der Waals surface area contributed by atoms with Crippen LogP contribution in [-0.2, 0) is 11.3 Å². The lowest BCUT2D eigenvalue weighted by Gasteiger charge is -2.37. The van der Waals surface area contributed by atoms with Crippen LogP contribution in [0.1, 0.15) is 59.8 Å². The van der Waals surface area contributed by atoms with Gasteiger partial charge in [-0.3, -0.25) is 24.0 Å². The van der Waals surface area contributed by atoms with Gasteiger partial charge >= 0.3 is 5.69 Å². The van der Waals surface area contributed by atoms with E-state index in [9.17, 15) is 14.4 Å². The topological polar surface area (TPSA) is 108 Å². The van der Waals surface area contributed by atoms with Crippen molar-refractivity contribution in [2.24, 2.45) is 17.8 Å². The predicted molar refractivity (Wildman–Crippen MR) is 137 cm³/mol.